The third-order valence-electron chi connectivity index (χ3n) is 4.44. The van der Waals surface area contributed by atoms with Crippen LogP contribution in [0.15, 0.2) is 29.8 Å². The molecule has 0 spiro atoms. The normalized spacial score (nSPS) is 19.9. The van der Waals surface area contributed by atoms with Gasteiger partial charge in [0.15, 0.2) is 12.3 Å². The molecule has 0 saturated carbocycles. The van der Waals surface area contributed by atoms with Gasteiger partial charge in [-0.25, -0.2) is 9.78 Å². The van der Waals surface area contributed by atoms with Gasteiger partial charge in [0.25, 0.3) is 5.91 Å². The molecule has 1 saturated heterocycles. The fraction of sp³-hybridized carbons (Fsp3) is 0.421. The van der Waals surface area contributed by atoms with Gasteiger partial charge in [0, 0.05) is 17.1 Å². The molecule has 1 N–H and O–H groups in total. The molecule has 1 aromatic carbocycles. The number of rotatable bonds is 4. The smallest absolute Gasteiger partial charge is 0.328 e. The lowest BCUT2D eigenvalue weighted by atomic mass is 9.85. The first-order chi connectivity index (χ1) is 12.7. The maximum Gasteiger partial charge on any atom is 0.328 e. The van der Waals surface area contributed by atoms with Gasteiger partial charge >= 0.3 is 5.97 Å². The second kappa shape index (κ2) is 7.28. The summed E-state index contributed by atoms with van der Waals surface area (Å²) in [6, 6.07) is 4.12. The summed E-state index contributed by atoms with van der Waals surface area (Å²) < 4.78 is 11.1. The Balaban J connectivity index is 2.00. The molecule has 8 heteroatoms. The average Bonchev–Trinajstić information content (AvgIpc) is 3.28. The maximum atomic E-state index is 13.2. The lowest BCUT2D eigenvalue weighted by Gasteiger charge is -2.26. The minimum absolute atomic E-state index is 0.0808. The molecule has 2 atom stereocenters. The van der Waals surface area contributed by atoms with E-state index in [-0.39, 0.29) is 12.0 Å². The largest absolute Gasteiger partial charge is 0.496 e. The van der Waals surface area contributed by atoms with Crippen molar-refractivity contribution in [2.45, 2.75) is 38.5 Å². The lowest BCUT2D eigenvalue weighted by Crippen LogP contribution is -2.43. The SMILES string of the molecule is COc1cc(C(=O)N2C(C(=O)O)COC2c2nccs2)ccc1C(C)(C)C. The molecule has 1 aliphatic rings. The number of benzene rings is 1. The summed E-state index contributed by atoms with van der Waals surface area (Å²) in [4.78, 5) is 30.3. The molecule has 144 valence electrons. The zero-order valence-electron chi connectivity index (χ0n) is 15.6. The number of carboxylic acids is 1. The number of hydrogen-bond donors (Lipinski definition) is 1. The highest BCUT2D eigenvalue weighted by atomic mass is 32.1. The lowest BCUT2D eigenvalue weighted by molar-refractivity contribution is -0.141. The van der Waals surface area contributed by atoms with Crippen molar-refractivity contribution < 1.29 is 24.2 Å². The summed E-state index contributed by atoms with van der Waals surface area (Å²) in [5, 5.41) is 11.8. The van der Waals surface area contributed by atoms with Crippen molar-refractivity contribution in [3.05, 3.63) is 45.9 Å². The Morgan fingerprint density at radius 2 is 2.11 bits per heavy atom. The number of thiazole rings is 1. The fourth-order valence-corrected chi connectivity index (χ4v) is 3.77. The quantitative estimate of drug-likeness (QED) is 0.863. The van der Waals surface area contributed by atoms with Crippen LogP contribution in [0.5, 0.6) is 5.75 Å². The van der Waals surface area contributed by atoms with Crippen LogP contribution in [0.4, 0.5) is 0 Å². The number of aromatic nitrogens is 1. The Hall–Kier alpha value is -2.45. The van der Waals surface area contributed by atoms with Crippen LogP contribution in [0.3, 0.4) is 0 Å². The van der Waals surface area contributed by atoms with Crippen molar-refractivity contribution in [2.24, 2.45) is 0 Å². The Kier molecular flexibility index (Phi) is 5.21. The monoisotopic (exact) mass is 390 g/mol. The van der Waals surface area contributed by atoms with Crippen LogP contribution in [0, 0.1) is 0 Å². The highest BCUT2D eigenvalue weighted by Crippen LogP contribution is 2.36. The number of carboxylic acid groups (broad SMARTS) is 1. The topological polar surface area (TPSA) is 89.0 Å². The van der Waals surface area contributed by atoms with Crippen LogP contribution in [-0.4, -0.2) is 46.6 Å². The Morgan fingerprint density at radius 3 is 2.67 bits per heavy atom. The molecule has 2 aromatic rings. The van der Waals surface area contributed by atoms with Gasteiger partial charge in [0.2, 0.25) is 0 Å². The van der Waals surface area contributed by atoms with E-state index in [1.54, 1.807) is 30.8 Å². The predicted octanol–water partition coefficient (Wildman–Crippen LogP) is 3.07. The molecule has 0 aliphatic carbocycles. The number of nitrogens with zero attached hydrogens (tertiary/aromatic N) is 2. The molecule has 7 nitrogen and oxygen atoms in total. The van der Waals surface area contributed by atoms with Crippen LogP contribution in [0.1, 0.15) is 47.9 Å². The molecule has 1 aliphatic heterocycles. The Morgan fingerprint density at radius 1 is 1.37 bits per heavy atom. The molecule has 1 fully saturated rings. The van der Waals surface area contributed by atoms with Gasteiger partial charge in [-0.15, -0.1) is 11.3 Å². The predicted molar refractivity (Wildman–Crippen MR) is 100 cm³/mol. The van der Waals surface area contributed by atoms with Gasteiger partial charge in [-0.05, 0) is 23.1 Å². The van der Waals surface area contributed by atoms with Crippen LogP contribution < -0.4 is 4.74 Å². The van der Waals surface area contributed by atoms with Crippen molar-refractivity contribution in [3.63, 3.8) is 0 Å². The van der Waals surface area contributed by atoms with Crippen molar-refractivity contribution >= 4 is 23.2 Å². The fourth-order valence-electron chi connectivity index (χ4n) is 3.08. The van der Waals surface area contributed by atoms with Crippen LogP contribution in [0.25, 0.3) is 0 Å². The third-order valence-corrected chi connectivity index (χ3v) is 5.25. The Bertz CT molecular complexity index is 844. The maximum absolute atomic E-state index is 13.2. The third kappa shape index (κ3) is 3.68. The van der Waals surface area contributed by atoms with Crippen molar-refractivity contribution in [1.82, 2.24) is 9.88 Å². The first-order valence-corrected chi connectivity index (χ1v) is 9.37. The molecule has 0 bridgehead atoms. The molecule has 1 amide bonds. The summed E-state index contributed by atoms with van der Waals surface area (Å²) in [5.41, 5.74) is 1.15. The van der Waals surface area contributed by atoms with Gasteiger partial charge in [0.1, 0.15) is 10.8 Å². The number of amides is 1. The van der Waals surface area contributed by atoms with Gasteiger partial charge in [-0.2, -0.15) is 0 Å². The molecule has 0 radical (unpaired) electrons. The van der Waals surface area contributed by atoms with E-state index >= 15 is 0 Å². The van der Waals surface area contributed by atoms with Gasteiger partial charge in [0.05, 0.1) is 13.7 Å². The van der Waals surface area contributed by atoms with Gasteiger partial charge < -0.3 is 14.6 Å². The number of ether oxygens (including phenoxy) is 2. The zero-order valence-corrected chi connectivity index (χ0v) is 16.4. The summed E-state index contributed by atoms with van der Waals surface area (Å²) in [6.07, 6.45) is 0.785. The summed E-state index contributed by atoms with van der Waals surface area (Å²) >= 11 is 1.32. The number of methoxy groups -OCH3 is 1. The number of carbonyl (C=O) groups excluding carboxylic acids is 1. The molecule has 1 aromatic heterocycles. The van der Waals surface area contributed by atoms with Gasteiger partial charge in [-0.1, -0.05) is 26.8 Å². The highest BCUT2D eigenvalue weighted by Gasteiger charge is 2.44. The second-order valence-corrected chi connectivity index (χ2v) is 8.21. The molecule has 27 heavy (non-hydrogen) atoms. The van der Waals surface area contributed by atoms with E-state index < -0.39 is 24.1 Å². The molecular weight excluding hydrogens is 368 g/mol. The molecule has 3 rings (SSSR count). The van der Waals surface area contributed by atoms with E-state index in [2.05, 4.69) is 25.8 Å². The van der Waals surface area contributed by atoms with Crippen molar-refractivity contribution in [3.8, 4) is 5.75 Å². The van der Waals surface area contributed by atoms with E-state index in [1.165, 1.54) is 16.2 Å². The van der Waals surface area contributed by atoms with Gasteiger partial charge in [-0.3, -0.25) is 9.69 Å². The first kappa shape index (κ1) is 19.3. The molecular formula is C19H22N2O5S. The minimum atomic E-state index is -1.11. The van der Waals surface area contributed by atoms with E-state index in [4.69, 9.17) is 9.47 Å². The van der Waals surface area contributed by atoms with E-state index in [1.807, 2.05) is 6.07 Å². The van der Waals surface area contributed by atoms with Crippen LogP contribution >= 0.6 is 11.3 Å². The molecule has 2 heterocycles. The number of aliphatic carboxylic acids is 1. The number of carbonyl (C=O) groups is 2. The van der Waals surface area contributed by atoms with Crippen LogP contribution in [-0.2, 0) is 14.9 Å². The highest BCUT2D eigenvalue weighted by molar-refractivity contribution is 7.09. The standard InChI is InChI=1S/C19H22N2O5S/c1-19(2,3)12-6-5-11(9-14(12)25-4)16(22)21-13(18(23)24)10-26-17(21)15-20-7-8-27-15/h5-9,13,17H,10H2,1-4H3,(H,23,24). The summed E-state index contributed by atoms with van der Waals surface area (Å²) in [6.45, 7) is 6.08. The average molecular weight is 390 g/mol. The van der Waals surface area contributed by atoms with E-state index in [9.17, 15) is 14.7 Å². The van der Waals surface area contributed by atoms with E-state index in [0.717, 1.165) is 5.56 Å². The molecule has 2 unspecified atom stereocenters. The first-order valence-electron chi connectivity index (χ1n) is 8.49. The second-order valence-electron chi connectivity index (χ2n) is 7.29. The zero-order chi connectivity index (χ0) is 19.8. The van der Waals surface area contributed by atoms with E-state index in [0.29, 0.717) is 16.3 Å². The summed E-state index contributed by atoms with van der Waals surface area (Å²) in [7, 11) is 1.55. The summed E-state index contributed by atoms with van der Waals surface area (Å²) in [5.74, 6) is -0.953. The number of hydrogen-bond acceptors (Lipinski definition) is 6. The minimum Gasteiger partial charge on any atom is -0.496 e. The van der Waals surface area contributed by atoms with Crippen LogP contribution in [0.2, 0.25) is 0 Å². The van der Waals surface area contributed by atoms with Crippen molar-refractivity contribution in [2.75, 3.05) is 13.7 Å². The van der Waals surface area contributed by atoms with Crippen molar-refractivity contribution in [1.29, 1.82) is 0 Å². The Labute approximate surface area is 161 Å².